The van der Waals surface area contributed by atoms with Crippen LogP contribution < -0.4 is 10.7 Å². The van der Waals surface area contributed by atoms with Crippen LogP contribution >= 0.6 is 0 Å². The Balaban J connectivity index is 1.77. The molecule has 2 aromatic heterocycles. The Labute approximate surface area is 152 Å². The van der Waals surface area contributed by atoms with Crippen molar-refractivity contribution < 1.29 is 9.59 Å². The highest BCUT2D eigenvalue weighted by Crippen LogP contribution is 2.34. The van der Waals surface area contributed by atoms with Crippen molar-refractivity contribution in [2.75, 3.05) is 10.7 Å². The maximum Gasteiger partial charge on any atom is 0.263 e. The van der Waals surface area contributed by atoms with E-state index in [2.05, 4.69) is 31.0 Å². The molecule has 5 rings (SSSR count). The first kappa shape index (κ1) is 15.4. The fraction of sp³-hybridized carbons (Fsp3) is 0.176. The van der Waals surface area contributed by atoms with Crippen LogP contribution in [-0.2, 0) is 0 Å². The van der Waals surface area contributed by atoms with Gasteiger partial charge >= 0.3 is 0 Å². The van der Waals surface area contributed by atoms with E-state index in [1.165, 1.54) is 15.7 Å². The molecule has 3 aromatic rings. The number of anilines is 1. The predicted octanol–water partition coefficient (Wildman–Crippen LogP) is 0.740. The molecule has 0 amide bonds. The molecule has 0 saturated heterocycles. The van der Waals surface area contributed by atoms with Crippen molar-refractivity contribution >= 4 is 23.5 Å². The Morgan fingerprint density at radius 3 is 2.41 bits per heavy atom. The molecular formula is C17H14N8O2. The van der Waals surface area contributed by atoms with E-state index in [9.17, 15) is 9.59 Å². The monoisotopic (exact) mass is 362 g/mol. The smallest absolute Gasteiger partial charge is 0.263 e. The lowest BCUT2D eigenvalue weighted by Gasteiger charge is -2.21. The summed E-state index contributed by atoms with van der Waals surface area (Å²) >= 11 is 0. The van der Waals surface area contributed by atoms with Gasteiger partial charge in [-0.1, -0.05) is 24.3 Å². The summed E-state index contributed by atoms with van der Waals surface area (Å²) in [6, 6.07) is 8.54. The molecular weight excluding hydrogens is 348 g/mol. The predicted molar refractivity (Wildman–Crippen MR) is 95.4 cm³/mol. The zero-order valence-electron chi connectivity index (χ0n) is 14.5. The largest absolute Gasteiger partial charge is 0.315 e. The average molecular weight is 362 g/mol. The van der Waals surface area contributed by atoms with Gasteiger partial charge in [-0.05, 0) is 19.9 Å². The summed E-state index contributed by atoms with van der Waals surface area (Å²) in [7, 11) is 0. The fourth-order valence-electron chi connectivity index (χ4n) is 3.41. The molecule has 10 nitrogen and oxygen atoms in total. The van der Waals surface area contributed by atoms with Gasteiger partial charge in [0, 0.05) is 16.8 Å². The number of aromatic nitrogens is 5. The van der Waals surface area contributed by atoms with E-state index in [0.29, 0.717) is 11.1 Å². The Kier molecular flexibility index (Phi) is 2.91. The van der Waals surface area contributed by atoms with Crippen molar-refractivity contribution in [3.8, 4) is 0 Å². The van der Waals surface area contributed by atoms with Gasteiger partial charge in [0.2, 0.25) is 23.5 Å². The first-order chi connectivity index (χ1) is 13.0. The third kappa shape index (κ3) is 2.00. The van der Waals surface area contributed by atoms with E-state index < -0.39 is 17.2 Å². The molecule has 0 saturated carbocycles. The van der Waals surface area contributed by atoms with Crippen molar-refractivity contribution in [3.05, 3.63) is 59.2 Å². The van der Waals surface area contributed by atoms with Gasteiger partial charge in [-0.25, -0.2) is 14.4 Å². The van der Waals surface area contributed by atoms with E-state index in [1.54, 1.807) is 24.3 Å². The molecule has 1 aliphatic heterocycles. The number of benzene rings is 1. The van der Waals surface area contributed by atoms with Gasteiger partial charge in [0.05, 0.1) is 5.69 Å². The topological polar surface area (TPSA) is 119 Å². The Morgan fingerprint density at radius 1 is 1.07 bits per heavy atom. The normalized spacial score (nSPS) is 17.0. The van der Waals surface area contributed by atoms with Gasteiger partial charge in [-0.15, -0.1) is 10.2 Å². The second kappa shape index (κ2) is 5.10. The zero-order valence-corrected chi connectivity index (χ0v) is 14.5. The molecule has 0 fully saturated rings. The summed E-state index contributed by atoms with van der Waals surface area (Å²) < 4.78 is 2.99. The zero-order chi connectivity index (χ0) is 18.8. The first-order valence-corrected chi connectivity index (χ1v) is 8.27. The minimum Gasteiger partial charge on any atom is -0.315 e. The van der Waals surface area contributed by atoms with Crippen molar-refractivity contribution in [2.45, 2.75) is 19.5 Å². The van der Waals surface area contributed by atoms with Crippen LogP contribution in [0.25, 0.3) is 0 Å². The number of hydrogen-bond donors (Lipinski definition) is 2. The van der Waals surface area contributed by atoms with Crippen LogP contribution in [0.1, 0.15) is 32.1 Å². The Bertz CT molecular complexity index is 1120. The fourth-order valence-corrected chi connectivity index (χ4v) is 3.41. The van der Waals surface area contributed by atoms with Gasteiger partial charge in [-0.2, -0.15) is 5.10 Å². The van der Waals surface area contributed by atoms with Crippen molar-refractivity contribution in [2.24, 2.45) is 4.99 Å². The van der Waals surface area contributed by atoms with Gasteiger partial charge in [0.25, 0.3) is 5.66 Å². The van der Waals surface area contributed by atoms with Crippen LogP contribution in [-0.4, -0.2) is 47.8 Å². The van der Waals surface area contributed by atoms with Crippen molar-refractivity contribution in [1.29, 1.82) is 0 Å². The number of aliphatic imine (C=N–C) groups is 1. The molecule has 2 N–H and O–H groups in total. The van der Waals surface area contributed by atoms with Gasteiger partial charge in [-0.3, -0.25) is 15.0 Å². The number of carbonyl (C=O) groups excluding carboxylic acids is 2. The summed E-state index contributed by atoms with van der Waals surface area (Å²) in [5.41, 5.74) is 3.35. The third-order valence-electron chi connectivity index (χ3n) is 4.62. The van der Waals surface area contributed by atoms with Crippen molar-refractivity contribution in [1.82, 2.24) is 24.7 Å². The lowest BCUT2D eigenvalue weighted by atomic mass is 10.1. The molecule has 1 aliphatic carbocycles. The summed E-state index contributed by atoms with van der Waals surface area (Å²) in [5, 5.41) is 15.1. The van der Waals surface area contributed by atoms with E-state index in [-0.39, 0.29) is 11.9 Å². The number of Topliss-reactive ketones (excluding diaryl/α,β-unsaturated/α-hetero) is 2. The number of hydrogen-bond acceptors (Lipinski definition) is 8. The number of nitrogens with zero attached hydrogens (tertiary/aromatic N) is 6. The molecule has 0 radical (unpaired) electrons. The van der Waals surface area contributed by atoms with Gasteiger partial charge in [0.15, 0.2) is 0 Å². The third-order valence-corrected chi connectivity index (χ3v) is 4.62. The highest BCUT2D eigenvalue weighted by molar-refractivity contribution is 6.34. The molecule has 3 heterocycles. The van der Waals surface area contributed by atoms with Crippen LogP contribution in [0.5, 0.6) is 0 Å². The van der Waals surface area contributed by atoms with Crippen LogP contribution in [0.3, 0.4) is 0 Å². The molecule has 2 aliphatic rings. The quantitative estimate of drug-likeness (QED) is 0.566. The van der Waals surface area contributed by atoms with Gasteiger partial charge < -0.3 is 5.32 Å². The lowest BCUT2D eigenvalue weighted by Crippen LogP contribution is -2.48. The molecule has 134 valence electrons. The molecule has 1 aromatic carbocycles. The second-order valence-electron chi connectivity index (χ2n) is 6.45. The van der Waals surface area contributed by atoms with E-state index >= 15 is 0 Å². The average Bonchev–Trinajstić information content (AvgIpc) is 3.25. The maximum atomic E-state index is 13.2. The SMILES string of the molecule is Cc1cc(C)n(C2=NC3(Nc4nncn4N2)C(=O)c2ccccc2C3=O)n1. The van der Waals surface area contributed by atoms with Gasteiger partial charge in [0.1, 0.15) is 6.33 Å². The Morgan fingerprint density at radius 2 is 1.78 bits per heavy atom. The van der Waals surface area contributed by atoms with Crippen molar-refractivity contribution in [3.63, 3.8) is 0 Å². The van der Waals surface area contributed by atoms with Crippen LogP contribution in [0, 0.1) is 13.8 Å². The highest BCUT2D eigenvalue weighted by atomic mass is 16.2. The molecule has 0 atom stereocenters. The number of rotatable bonds is 0. The molecule has 0 unspecified atom stereocenters. The first-order valence-electron chi connectivity index (χ1n) is 8.27. The van der Waals surface area contributed by atoms with E-state index in [0.717, 1.165) is 11.4 Å². The lowest BCUT2D eigenvalue weighted by molar-refractivity contribution is 0.0826. The number of ketones is 2. The van der Waals surface area contributed by atoms with Crippen LogP contribution in [0.2, 0.25) is 0 Å². The number of carbonyl (C=O) groups is 2. The standard InChI is InChI=1S/C17H14N8O2/c1-9-7-10(2)25(22-9)16-20-17(19-15-21-18-8-24(15)23-16)13(26)11-5-3-4-6-12(11)14(17)27/h3-8H,1-2H3,(H,19,21)(H,20,23). The van der Waals surface area contributed by atoms with E-state index in [4.69, 9.17) is 0 Å². The number of fused-ring (bicyclic) bond motifs is 2. The van der Waals surface area contributed by atoms with Crippen LogP contribution in [0.15, 0.2) is 41.7 Å². The highest BCUT2D eigenvalue weighted by Gasteiger charge is 2.55. The Hall–Kier alpha value is -3.82. The molecule has 27 heavy (non-hydrogen) atoms. The maximum absolute atomic E-state index is 13.2. The number of aryl methyl sites for hydroxylation is 2. The number of nitrogens with one attached hydrogen (secondary N) is 2. The molecule has 1 spiro atoms. The molecule has 0 bridgehead atoms. The second-order valence-corrected chi connectivity index (χ2v) is 6.45. The summed E-state index contributed by atoms with van der Waals surface area (Å²) in [6.45, 7) is 3.70. The summed E-state index contributed by atoms with van der Waals surface area (Å²) in [5.74, 6) is -0.480. The van der Waals surface area contributed by atoms with Crippen LogP contribution in [0.4, 0.5) is 5.95 Å². The van der Waals surface area contributed by atoms with E-state index in [1.807, 2.05) is 19.9 Å². The minimum atomic E-state index is -1.86. The summed E-state index contributed by atoms with van der Waals surface area (Å²) in [6.07, 6.45) is 1.42. The molecule has 10 heteroatoms. The summed E-state index contributed by atoms with van der Waals surface area (Å²) in [4.78, 5) is 31.0. The minimum absolute atomic E-state index is 0.199.